The molecule has 0 radical (unpaired) electrons. The fraction of sp³-hybridized carbons (Fsp3) is 0.667. The maximum absolute atomic E-state index is 12.3. The average Bonchev–Trinajstić information content (AvgIpc) is 2.83. The molecule has 0 aliphatic heterocycles. The van der Waals surface area contributed by atoms with E-state index in [9.17, 15) is 9.90 Å². The van der Waals surface area contributed by atoms with Gasteiger partial charge in [-0.1, -0.05) is 20.3 Å². The van der Waals surface area contributed by atoms with Gasteiger partial charge in [-0.05, 0) is 47.6 Å². The van der Waals surface area contributed by atoms with Crippen LogP contribution in [0, 0.1) is 11.3 Å². The second-order valence-electron chi connectivity index (χ2n) is 6.01. The summed E-state index contributed by atoms with van der Waals surface area (Å²) in [5.74, 6) is 0.662. The van der Waals surface area contributed by atoms with Crippen molar-refractivity contribution in [2.24, 2.45) is 11.3 Å². The first-order valence-corrected chi connectivity index (χ1v) is 7.96. The third kappa shape index (κ3) is 3.37. The molecule has 0 spiro atoms. The van der Waals surface area contributed by atoms with Crippen LogP contribution in [0.15, 0.2) is 16.8 Å². The van der Waals surface area contributed by atoms with Crippen molar-refractivity contribution in [1.82, 2.24) is 5.32 Å². The monoisotopic (exact) mass is 281 g/mol. The Morgan fingerprint density at radius 3 is 2.74 bits per heavy atom. The molecule has 1 aromatic rings. The number of carbonyl (C=O) groups excluding carboxylic acids is 1. The smallest absolute Gasteiger partial charge is 0.226 e. The summed E-state index contributed by atoms with van der Waals surface area (Å²) in [5, 5.41) is 16.8. The standard InChI is InChI=1S/C15H23NO2S/c1-11(2)8-15(5-3-6-15)14(18)16-9-13(17)12-4-7-19-10-12/h4,7,10-11,13,17H,3,5-6,8-9H2,1-2H3,(H,16,18). The van der Waals surface area contributed by atoms with Gasteiger partial charge in [-0.15, -0.1) is 0 Å². The average molecular weight is 281 g/mol. The molecule has 1 saturated carbocycles. The van der Waals surface area contributed by atoms with Gasteiger partial charge in [-0.2, -0.15) is 11.3 Å². The van der Waals surface area contributed by atoms with Crippen molar-refractivity contribution in [3.05, 3.63) is 22.4 Å². The first kappa shape index (κ1) is 14.5. The van der Waals surface area contributed by atoms with Gasteiger partial charge in [-0.25, -0.2) is 0 Å². The number of thiophene rings is 1. The number of aliphatic hydroxyl groups excluding tert-OH is 1. The van der Waals surface area contributed by atoms with E-state index in [-0.39, 0.29) is 11.3 Å². The molecule has 1 aliphatic rings. The molecule has 4 heteroatoms. The van der Waals surface area contributed by atoms with Gasteiger partial charge in [0.2, 0.25) is 5.91 Å². The van der Waals surface area contributed by atoms with Gasteiger partial charge in [0.15, 0.2) is 0 Å². The Morgan fingerprint density at radius 2 is 2.26 bits per heavy atom. The third-order valence-corrected chi connectivity index (χ3v) is 4.68. The van der Waals surface area contributed by atoms with Crippen molar-refractivity contribution < 1.29 is 9.90 Å². The van der Waals surface area contributed by atoms with Gasteiger partial charge in [0.25, 0.3) is 0 Å². The van der Waals surface area contributed by atoms with Crippen LogP contribution in [0.1, 0.15) is 51.2 Å². The highest BCUT2D eigenvalue weighted by atomic mass is 32.1. The predicted molar refractivity (Wildman–Crippen MR) is 78.0 cm³/mol. The van der Waals surface area contributed by atoms with E-state index in [1.165, 1.54) is 0 Å². The fourth-order valence-corrected chi connectivity index (χ4v) is 3.58. The Bertz CT molecular complexity index is 410. The SMILES string of the molecule is CC(C)CC1(C(=O)NCC(O)c2ccsc2)CCC1. The minimum Gasteiger partial charge on any atom is -0.387 e. The number of hydrogen-bond acceptors (Lipinski definition) is 3. The second-order valence-corrected chi connectivity index (χ2v) is 6.79. The summed E-state index contributed by atoms with van der Waals surface area (Å²) in [6, 6.07) is 1.90. The molecule has 1 heterocycles. The van der Waals surface area contributed by atoms with Crippen molar-refractivity contribution in [1.29, 1.82) is 0 Å². The summed E-state index contributed by atoms with van der Waals surface area (Å²) in [6.45, 7) is 4.64. The lowest BCUT2D eigenvalue weighted by atomic mass is 9.64. The van der Waals surface area contributed by atoms with E-state index in [0.717, 1.165) is 31.2 Å². The van der Waals surface area contributed by atoms with Crippen molar-refractivity contribution in [2.45, 2.75) is 45.6 Å². The van der Waals surface area contributed by atoms with Gasteiger partial charge in [0.05, 0.1) is 6.10 Å². The number of aliphatic hydroxyl groups is 1. The van der Waals surface area contributed by atoms with E-state index in [1.54, 1.807) is 11.3 Å². The van der Waals surface area contributed by atoms with Crippen LogP contribution >= 0.6 is 11.3 Å². The zero-order valence-electron chi connectivity index (χ0n) is 11.7. The molecular formula is C15H23NO2S. The van der Waals surface area contributed by atoms with Crippen LogP contribution < -0.4 is 5.32 Å². The molecule has 2 N–H and O–H groups in total. The zero-order chi connectivity index (χ0) is 13.9. The summed E-state index contributed by atoms with van der Waals surface area (Å²) >= 11 is 1.56. The van der Waals surface area contributed by atoms with Crippen LogP contribution in [0.4, 0.5) is 0 Å². The lowest BCUT2D eigenvalue weighted by Crippen LogP contribution is -2.47. The van der Waals surface area contributed by atoms with Crippen LogP contribution in [-0.4, -0.2) is 17.6 Å². The van der Waals surface area contributed by atoms with E-state index >= 15 is 0 Å². The van der Waals surface area contributed by atoms with Crippen LogP contribution in [0.25, 0.3) is 0 Å². The Labute approximate surface area is 119 Å². The summed E-state index contributed by atoms with van der Waals surface area (Å²) in [6.07, 6.45) is 3.49. The quantitative estimate of drug-likeness (QED) is 0.841. The maximum atomic E-state index is 12.3. The van der Waals surface area contributed by atoms with Gasteiger partial charge in [0.1, 0.15) is 0 Å². The third-order valence-electron chi connectivity index (χ3n) is 3.98. The number of carbonyl (C=O) groups is 1. The molecule has 106 valence electrons. The Balaban J connectivity index is 1.86. The molecule has 1 unspecified atom stereocenters. The van der Waals surface area contributed by atoms with Crippen molar-refractivity contribution >= 4 is 17.2 Å². The summed E-state index contributed by atoms with van der Waals surface area (Å²) < 4.78 is 0. The summed E-state index contributed by atoms with van der Waals surface area (Å²) in [5.41, 5.74) is 0.722. The minimum absolute atomic E-state index is 0.127. The van der Waals surface area contributed by atoms with Crippen LogP contribution in [0.2, 0.25) is 0 Å². The van der Waals surface area contributed by atoms with Gasteiger partial charge in [-0.3, -0.25) is 4.79 Å². The fourth-order valence-electron chi connectivity index (χ4n) is 2.87. The molecule has 2 rings (SSSR count). The number of amides is 1. The van der Waals surface area contributed by atoms with Gasteiger partial charge < -0.3 is 10.4 Å². The highest BCUT2D eigenvalue weighted by molar-refractivity contribution is 7.07. The summed E-state index contributed by atoms with van der Waals surface area (Å²) in [4.78, 5) is 12.3. The zero-order valence-corrected chi connectivity index (χ0v) is 12.5. The van der Waals surface area contributed by atoms with E-state index in [4.69, 9.17) is 0 Å². The van der Waals surface area contributed by atoms with Gasteiger partial charge >= 0.3 is 0 Å². The molecule has 19 heavy (non-hydrogen) atoms. The lowest BCUT2D eigenvalue weighted by molar-refractivity contribution is -0.137. The normalized spacial score (nSPS) is 18.9. The second kappa shape index (κ2) is 6.06. The van der Waals surface area contributed by atoms with E-state index in [0.29, 0.717) is 12.5 Å². The van der Waals surface area contributed by atoms with Crippen LogP contribution in [-0.2, 0) is 4.79 Å². The molecule has 1 fully saturated rings. The first-order chi connectivity index (χ1) is 9.03. The topological polar surface area (TPSA) is 49.3 Å². The molecule has 1 amide bonds. The minimum atomic E-state index is -0.591. The van der Waals surface area contributed by atoms with Crippen molar-refractivity contribution in [2.75, 3.05) is 6.54 Å². The van der Waals surface area contributed by atoms with E-state index in [2.05, 4.69) is 19.2 Å². The molecule has 0 saturated heterocycles. The maximum Gasteiger partial charge on any atom is 0.226 e. The Morgan fingerprint density at radius 1 is 1.53 bits per heavy atom. The van der Waals surface area contributed by atoms with Crippen molar-refractivity contribution in [3.63, 3.8) is 0 Å². The number of rotatable bonds is 6. The lowest BCUT2D eigenvalue weighted by Gasteiger charge is -2.41. The molecule has 0 bridgehead atoms. The molecule has 1 aromatic heterocycles. The van der Waals surface area contributed by atoms with E-state index in [1.807, 2.05) is 16.8 Å². The largest absolute Gasteiger partial charge is 0.387 e. The van der Waals surface area contributed by atoms with Crippen LogP contribution in [0.3, 0.4) is 0 Å². The van der Waals surface area contributed by atoms with E-state index < -0.39 is 6.10 Å². The molecular weight excluding hydrogens is 258 g/mol. The predicted octanol–water partition coefficient (Wildman–Crippen LogP) is 3.11. The molecule has 0 aromatic carbocycles. The summed E-state index contributed by atoms with van der Waals surface area (Å²) in [7, 11) is 0. The molecule has 1 atom stereocenters. The number of hydrogen-bond donors (Lipinski definition) is 2. The van der Waals surface area contributed by atoms with Crippen molar-refractivity contribution in [3.8, 4) is 0 Å². The first-order valence-electron chi connectivity index (χ1n) is 7.02. The number of nitrogens with one attached hydrogen (secondary N) is 1. The molecule has 1 aliphatic carbocycles. The Hall–Kier alpha value is -0.870. The Kier molecular flexibility index (Phi) is 4.63. The van der Waals surface area contributed by atoms with Gasteiger partial charge in [0, 0.05) is 12.0 Å². The highest BCUT2D eigenvalue weighted by Crippen LogP contribution is 2.46. The molecule has 3 nitrogen and oxygen atoms in total. The van der Waals surface area contributed by atoms with Crippen LogP contribution in [0.5, 0.6) is 0 Å². The highest BCUT2D eigenvalue weighted by Gasteiger charge is 2.44.